The molecule has 2 heterocycles. The second-order valence-corrected chi connectivity index (χ2v) is 4.71. The highest BCUT2D eigenvalue weighted by Gasteiger charge is 2.33. The molecule has 1 fully saturated rings. The average Bonchev–Trinajstić information content (AvgIpc) is 2.91. The van der Waals surface area contributed by atoms with Crippen LogP contribution in [0.1, 0.15) is 25.6 Å². The van der Waals surface area contributed by atoms with Gasteiger partial charge in [-0.3, -0.25) is 0 Å². The molecule has 1 aromatic heterocycles. The van der Waals surface area contributed by atoms with Crippen LogP contribution in [0.4, 0.5) is 8.78 Å². The van der Waals surface area contributed by atoms with Crippen molar-refractivity contribution in [1.82, 2.24) is 15.3 Å². The van der Waals surface area contributed by atoms with E-state index in [1.807, 2.05) is 6.92 Å². The maximum atomic E-state index is 13.5. The first-order chi connectivity index (χ1) is 8.10. The van der Waals surface area contributed by atoms with Crippen LogP contribution in [0.15, 0.2) is 12.1 Å². The Labute approximate surface area is 97.2 Å². The van der Waals surface area contributed by atoms with Crippen molar-refractivity contribution in [1.29, 1.82) is 0 Å². The zero-order chi connectivity index (χ0) is 12.0. The van der Waals surface area contributed by atoms with Gasteiger partial charge in [0.2, 0.25) is 0 Å². The number of imidazole rings is 1. The molecule has 0 aliphatic carbocycles. The van der Waals surface area contributed by atoms with Crippen LogP contribution in [0, 0.1) is 11.6 Å². The lowest BCUT2D eigenvalue weighted by Crippen LogP contribution is -2.34. The van der Waals surface area contributed by atoms with E-state index in [4.69, 9.17) is 0 Å². The van der Waals surface area contributed by atoms with Gasteiger partial charge in [-0.05, 0) is 38.4 Å². The van der Waals surface area contributed by atoms with Crippen LogP contribution in [0.3, 0.4) is 0 Å². The van der Waals surface area contributed by atoms with Crippen LogP contribution < -0.4 is 5.32 Å². The molecular weight excluding hydrogens is 224 g/mol. The number of halogens is 2. The number of nitrogens with zero attached hydrogens (tertiary/aromatic N) is 1. The largest absolute Gasteiger partial charge is 0.340 e. The second-order valence-electron chi connectivity index (χ2n) is 4.71. The molecule has 0 radical (unpaired) electrons. The summed E-state index contributed by atoms with van der Waals surface area (Å²) in [5.74, 6) is -1.07. The lowest BCUT2D eigenvalue weighted by atomic mass is 10.00. The van der Waals surface area contributed by atoms with Crippen molar-refractivity contribution < 1.29 is 8.78 Å². The molecule has 17 heavy (non-hydrogen) atoms. The highest BCUT2D eigenvalue weighted by Crippen LogP contribution is 2.30. The Bertz CT molecular complexity index is 570. The van der Waals surface area contributed by atoms with Crippen LogP contribution in [0.2, 0.25) is 0 Å². The number of H-pyrrole nitrogens is 1. The van der Waals surface area contributed by atoms with Crippen molar-refractivity contribution in [2.24, 2.45) is 0 Å². The van der Waals surface area contributed by atoms with Gasteiger partial charge in [-0.2, -0.15) is 0 Å². The number of hydrogen-bond donors (Lipinski definition) is 2. The van der Waals surface area contributed by atoms with Crippen molar-refractivity contribution in [2.75, 3.05) is 6.54 Å². The standard InChI is InChI=1S/C12H13F2N3/c1-12(5-2-6-15-12)11-16-8-4-3-7(13)9(14)10(8)17-11/h3-4,15H,2,5-6H2,1H3,(H,16,17). The molecule has 2 aromatic rings. The van der Waals surface area contributed by atoms with Gasteiger partial charge in [0.05, 0.1) is 11.1 Å². The van der Waals surface area contributed by atoms with Crippen LogP contribution in [-0.2, 0) is 5.54 Å². The van der Waals surface area contributed by atoms with Crippen molar-refractivity contribution in [3.05, 3.63) is 29.6 Å². The molecule has 1 aliphatic rings. The van der Waals surface area contributed by atoms with E-state index in [0.29, 0.717) is 11.3 Å². The molecule has 5 heteroatoms. The van der Waals surface area contributed by atoms with E-state index in [2.05, 4.69) is 15.3 Å². The Kier molecular flexibility index (Phi) is 2.19. The molecule has 1 unspecified atom stereocenters. The van der Waals surface area contributed by atoms with E-state index in [0.717, 1.165) is 25.5 Å². The number of rotatable bonds is 1. The van der Waals surface area contributed by atoms with E-state index >= 15 is 0 Å². The minimum Gasteiger partial charge on any atom is -0.340 e. The number of hydrogen-bond acceptors (Lipinski definition) is 2. The number of benzene rings is 1. The summed E-state index contributed by atoms with van der Waals surface area (Å²) >= 11 is 0. The SMILES string of the molecule is CC1(c2nc3c(F)c(F)ccc3[nH]2)CCCN1. The lowest BCUT2D eigenvalue weighted by Gasteiger charge is -2.20. The van der Waals surface area contributed by atoms with Crippen molar-refractivity contribution in [3.63, 3.8) is 0 Å². The van der Waals surface area contributed by atoms with Gasteiger partial charge in [0.1, 0.15) is 11.3 Å². The highest BCUT2D eigenvalue weighted by atomic mass is 19.2. The Morgan fingerprint density at radius 2 is 2.18 bits per heavy atom. The summed E-state index contributed by atoms with van der Waals surface area (Å²) in [7, 11) is 0. The fourth-order valence-corrected chi connectivity index (χ4v) is 2.38. The van der Waals surface area contributed by atoms with Gasteiger partial charge in [-0.1, -0.05) is 0 Å². The van der Waals surface area contributed by atoms with E-state index in [1.54, 1.807) is 0 Å². The molecule has 3 nitrogen and oxygen atoms in total. The third-order valence-electron chi connectivity index (χ3n) is 3.44. The summed E-state index contributed by atoms with van der Waals surface area (Å²) in [6.45, 7) is 2.94. The predicted octanol–water partition coefficient (Wildman–Crippen LogP) is 2.44. The van der Waals surface area contributed by atoms with Crippen LogP contribution in [0.5, 0.6) is 0 Å². The third-order valence-corrected chi connectivity index (χ3v) is 3.44. The molecule has 0 saturated carbocycles. The lowest BCUT2D eigenvalue weighted by molar-refractivity contribution is 0.411. The molecular formula is C12H13F2N3. The zero-order valence-electron chi connectivity index (χ0n) is 9.48. The normalized spacial score (nSPS) is 24.6. The first-order valence-corrected chi connectivity index (χ1v) is 5.69. The van der Waals surface area contributed by atoms with Gasteiger partial charge >= 0.3 is 0 Å². The van der Waals surface area contributed by atoms with Gasteiger partial charge in [-0.15, -0.1) is 0 Å². The Balaban J connectivity index is 2.17. The summed E-state index contributed by atoms with van der Waals surface area (Å²) < 4.78 is 26.6. The van der Waals surface area contributed by atoms with Gasteiger partial charge < -0.3 is 10.3 Å². The highest BCUT2D eigenvalue weighted by molar-refractivity contribution is 5.76. The number of fused-ring (bicyclic) bond motifs is 1. The molecule has 0 amide bonds. The minimum atomic E-state index is -0.883. The van der Waals surface area contributed by atoms with Gasteiger partial charge in [0.15, 0.2) is 11.6 Å². The summed E-state index contributed by atoms with van der Waals surface area (Å²) in [6.07, 6.45) is 2.00. The molecule has 90 valence electrons. The van der Waals surface area contributed by atoms with Crippen LogP contribution in [-0.4, -0.2) is 16.5 Å². The molecule has 1 aliphatic heterocycles. The average molecular weight is 237 g/mol. The summed E-state index contributed by atoms with van der Waals surface area (Å²) in [5, 5.41) is 3.33. The Morgan fingerprint density at radius 1 is 1.35 bits per heavy atom. The predicted molar refractivity (Wildman–Crippen MR) is 60.6 cm³/mol. The first-order valence-electron chi connectivity index (χ1n) is 5.69. The Hall–Kier alpha value is -1.49. The molecule has 1 aromatic carbocycles. The monoisotopic (exact) mass is 237 g/mol. The van der Waals surface area contributed by atoms with Gasteiger partial charge in [-0.25, -0.2) is 13.8 Å². The molecule has 0 bridgehead atoms. The first kappa shape index (κ1) is 10.7. The smallest absolute Gasteiger partial charge is 0.186 e. The van der Waals surface area contributed by atoms with E-state index < -0.39 is 11.6 Å². The molecule has 1 atom stereocenters. The van der Waals surface area contributed by atoms with Crippen molar-refractivity contribution in [3.8, 4) is 0 Å². The Morgan fingerprint density at radius 3 is 2.88 bits per heavy atom. The summed E-state index contributed by atoms with van der Waals surface area (Å²) in [6, 6.07) is 2.63. The zero-order valence-corrected chi connectivity index (χ0v) is 9.48. The maximum Gasteiger partial charge on any atom is 0.186 e. The molecule has 2 N–H and O–H groups in total. The minimum absolute atomic E-state index is 0.0786. The third kappa shape index (κ3) is 1.53. The molecule has 3 rings (SSSR count). The number of aromatic amines is 1. The van der Waals surface area contributed by atoms with E-state index in [9.17, 15) is 8.78 Å². The number of aromatic nitrogens is 2. The fourth-order valence-electron chi connectivity index (χ4n) is 2.38. The molecule has 1 saturated heterocycles. The van der Waals surface area contributed by atoms with Crippen LogP contribution >= 0.6 is 0 Å². The topological polar surface area (TPSA) is 40.7 Å². The van der Waals surface area contributed by atoms with Gasteiger partial charge in [0.25, 0.3) is 0 Å². The fraction of sp³-hybridized carbons (Fsp3) is 0.417. The van der Waals surface area contributed by atoms with Crippen molar-refractivity contribution >= 4 is 11.0 Å². The summed E-state index contributed by atoms with van der Waals surface area (Å²) in [4.78, 5) is 7.26. The molecule has 0 spiro atoms. The van der Waals surface area contributed by atoms with E-state index in [1.165, 1.54) is 6.07 Å². The quantitative estimate of drug-likeness (QED) is 0.799. The van der Waals surface area contributed by atoms with E-state index in [-0.39, 0.29) is 11.1 Å². The number of nitrogens with one attached hydrogen (secondary N) is 2. The summed E-state index contributed by atoms with van der Waals surface area (Å²) in [5.41, 5.74) is 0.353. The van der Waals surface area contributed by atoms with Crippen LogP contribution in [0.25, 0.3) is 11.0 Å². The second kappa shape index (κ2) is 3.50. The van der Waals surface area contributed by atoms with Crippen molar-refractivity contribution in [2.45, 2.75) is 25.3 Å². The van der Waals surface area contributed by atoms with Gasteiger partial charge in [0, 0.05) is 0 Å². The maximum absolute atomic E-state index is 13.5.